The van der Waals surface area contributed by atoms with E-state index in [1.807, 2.05) is 6.92 Å². The van der Waals surface area contributed by atoms with Gasteiger partial charge in [0.1, 0.15) is 0 Å². The zero-order valence-electron chi connectivity index (χ0n) is 11.2. The Bertz CT molecular complexity index is 406. The minimum atomic E-state index is -0.701. The number of urea groups is 1. The van der Waals surface area contributed by atoms with Crippen LogP contribution in [0.15, 0.2) is 24.5 Å². The number of carbonyl (C=O) groups is 1. The third-order valence-electron chi connectivity index (χ3n) is 3.76. The van der Waals surface area contributed by atoms with Crippen molar-refractivity contribution in [2.75, 3.05) is 6.54 Å². The molecule has 0 bridgehead atoms. The second-order valence-corrected chi connectivity index (χ2v) is 5.13. The van der Waals surface area contributed by atoms with E-state index in [0.29, 0.717) is 5.92 Å². The van der Waals surface area contributed by atoms with E-state index in [4.69, 9.17) is 0 Å². The summed E-state index contributed by atoms with van der Waals surface area (Å²) in [5.74, 6) is 0.607. The van der Waals surface area contributed by atoms with E-state index < -0.39 is 6.10 Å². The molecule has 1 fully saturated rings. The molecule has 0 spiro atoms. The first-order valence-corrected chi connectivity index (χ1v) is 6.79. The molecule has 2 unspecified atom stereocenters. The topological polar surface area (TPSA) is 74.2 Å². The number of carbonyl (C=O) groups excluding carboxylic acids is 1. The van der Waals surface area contributed by atoms with Crippen LogP contribution in [0.5, 0.6) is 0 Å². The van der Waals surface area contributed by atoms with Gasteiger partial charge in [0.25, 0.3) is 0 Å². The number of nitrogens with zero attached hydrogens (tertiary/aromatic N) is 1. The molecule has 1 saturated carbocycles. The molecule has 5 heteroatoms. The van der Waals surface area contributed by atoms with Gasteiger partial charge in [-0.3, -0.25) is 4.98 Å². The standard InChI is InChI=1S/C14H21N3O2/c1-10(11-3-2-4-11)17-14(19)16-9-13(18)12-5-7-15-8-6-12/h5-8,10-11,13,18H,2-4,9H2,1H3,(H2,16,17,19). The Kier molecular flexibility index (Phi) is 4.74. The first kappa shape index (κ1) is 13.8. The molecule has 0 aromatic carbocycles. The number of aromatic nitrogens is 1. The predicted molar refractivity (Wildman–Crippen MR) is 72.5 cm³/mol. The van der Waals surface area contributed by atoms with E-state index in [-0.39, 0.29) is 18.6 Å². The van der Waals surface area contributed by atoms with Gasteiger partial charge in [0.2, 0.25) is 0 Å². The lowest BCUT2D eigenvalue weighted by molar-refractivity contribution is 0.170. The van der Waals surface area contributed by atoms with E-state index in [2.05, 4.69) is 15.6 Å². The van der Waals surface area contributed by atoms with Crippen LogP contribution in [-0.4, -0.2) is 28.7 Å². The molecule has 1 aliphatic carbocycles. The fourth-order valence-corrected chi connectivity index (χ4v) is 2.21. The first-order chi connectivity index (χ1) is 9.16. The van der Waals surface area contributed by atoms with Crippen LogP contribution in [0.4, 0.5) is 4.79 Å². The number of amides is 2. The van der Waals surface area contributed by atoms with E-state index in [1.54, 1.807) is 24.5 Å². The molecule has 104 valence electrons. The highest BCUT2D eigenvalue weighted by Crippen LogP contribution is 2.29. The zero-order chi connectivity index (χ0) is 13.7. The van der Waals surface area contributed by atoms with Crippen molar-refractivity contribution in [3.8, 4) is 0 Å². The normalized spacial score (nSPS) is 18.2. The smallest absolute Gasteiger partial charge is 0.315 e. The van der Waals surface area contributed by atoms with Crippen molar-refractivity contribution >= 4 is 6.03 Å². The summed E-state index contributed by atoms with van der Waals surface area (Å²) in [5.41, 5.74) is 0.752. The summed E-state index contributed by atoms with van der Waals surface area (Å²) in [6, 6.07) is 3.46. The maximum absolute atomic E-state index is 11.7. The van der Waals surface area contributed by atoms with Crippen LogP contribution >= 0.6 is 0 Å². The molecule has 5 nitrogen and oxygen atoms in total. The van der Waals surface area contributed by atoms with Crippen LogP contribution < -0.4 is 10.6 Å². The number of aliphatic hydroxyl groups excluding tert-OH is 1. The minimum absolute atomic E-state index is 0.201. The van der Waals surface area contributed by atoms with Crippen molar-refractivity contribution in [3.05, 3.63) is 30.1 Å². The van der Waals surface area contributed by atoms with Crippen LogP contribution in [-0.2, 0) is 0 Å². The van der Waals surface area contributed by atoms with Gasteiger partial charge >= 0.3 is 6.03 Å². The van der Waals surface area contributed by atoms with Gasteiger partial charge in [0, 0.05) is 25.0 Å². The van der Waals surface area contributed by atoms with Gasteiger partial charge in [-0.15, -0.1) is 0 Å². The Labute approximate surface area is 113 Å². The minimum Gasteiger partial charge on any atom is -0.387 e. The highest BCUT2D eigenvalue weighted by molar-refractivity contribution is 5.74. The average Bonchev–Trinajstić information content (AvgIpc) is 2.34. The molecule has 2 rings (SSSR count). The molecule has 19 heavy (non-hydrogen) atoms. The van der Waals surface area contributed by atoms with Gasteiger partial charge in [0.05, 0.1) is 6.10 Å². The molecule has 1 aromatic heterocycles. The Morgan fingerprint density at radius 2 is 2.16 bits per heavy atom. The highest BCUT2D eigenvalue weighted by Gasteiger charge is 2.24. The molecule has 2 atom stereocenters. The van der Waals surface area contributed by atoms with Crippen molar-refractivity contribution < 1.29 is 9.90 Å². The Balaban J connectivity index is 1.71. The second kappa shape index (κ2) is 6.52. The van der Waals surface area contributed by atoms with Gasteiger partial charge in [-0.05, 0) is 43.4 Å². The van der Waals surface area contributed by atoms with Crippen LogP contribution in [0, 0.1) is 5.92 Å². The molecule has 2 amide bonds. The molecule has 3 N–H and O–H groups in total. The Morgan fingerprint density at radius 3 is 2.74 bits per heavy atom. The maximum atomic E-state index is 11.7. The Hall–Kier alpha value is -1.62. The monoisotopic (exact) mass is 263 g/mol. The molecule has 1 aliphatic rings. The molecule has 1 aromatic rings. The quantitative estimate of drug-likeness (QED) is 0.755. The molecule has 0 aliphatic heterocycles. The molecule has 1 heterocycles. The summed E-state index contributed by atoms with van der Waals surface area (Å²) in [6.45, 7) is 2.23. The Morgan fingerprint density at radius 1 is 1.47 bits per heavy atom. The fourth-order valence-electron chi connectivity index (χ4n) is 2.21. The average molecular weight is 263 g/mol. The van der Waals surface area contributed by atoms with E-state index in [0.717, 1.165) is 5.56 Å². The van der Waals surface area contributed by atoms with E-state index in [1.165, 1.54) is 19.3 Å². The largest absolute Gasteiger partial charge is 0.387 e. The summed E-state index contributed by atoms with van der Waals surface area (Å²) in [6.07, 6.45) is 6.20. The van der Waals surface area contributed by atoms with Crippen molar-refractivity contribution in [2.45, 2.75) is 38.3 Å². The molecule has 0 saturated heterocycles. The van der Waals surface area contributed by atoms with Crippen LogP contribution in [0.1, 0.15) is 37.9 Å². The summed E-state index contributed by atoms with van der Waals surface area (Å²) in [5, 5.41) is 15.5. The van der Waals surface area contributed by atoms with E-state index >= 15 is 0 Å². The van der Waals surface area contributed by atoms with Crippen molar-refractivity contribution in [2.24, 2.45) is 5.92 Å². The highest BCUT2D eigenvalue weighted by atomic mass is 16.3. The number of rotatable bonds is 5. The molecular weight excluding hydrogens is 242 g/mol. The first-order valence-electron chi connectivity index (χ1n) is 6.79. The second-order valence-electron chi connectivity index (χ2n) is 5.13. The van der Waals surface area contributed by atoms with Gasteiger partial charge < -0.3 is 15.7 Å². The van der Waals surface area contributed by atoms with Gasteiger partial charge in [-0.25, -0.2) is 4.79 Å². The summed E-state index contributed by atoms with van der Waals surface area (Å²) < 4.78 is 0. The summed E-state index contributed by atoms with van der Waals surface area (Å²) >= 11 is 0. The number of hydrogen-bond acceptors (Lipinski definition) is 3. The predicted octanol–water partition coefficient (Wildman–Crippen LogP) is 1.60. The number of aliphatic hydroxyl groups is 1. The number of hydrogen-bond donors (Lipinski definition) is 3. The van der Waals surface area contributed by atoms with Crippen molar-refractivity contribution in [1.29, 1.82) is 0 Å². The van der Waals surface area contributed by atoms with Gasteiger partial charge in [-0.2, -0.15) is 0 Å². The molecule has 0 radical (unpaired) electrons. The lowest BCUT2D eigenvalue weighted by Crippen LogP contribution is -2.46. The maximum Gasteiger partial charge on any atom is 0.315 e. The zero-order valence-corrected chi connectivity index (χ0v) is 11.2. The summed E-state index contributed by atoms with van der Waals surface area (Å²) in [4.78, 5) is 15.6. The SMILES string of the molecule is CC(NC(=O)NCC(O)c1ccncc1)C1CCC1. The van der Waals surface area contributed by atoms with Gasteiger partial charge in [-0.1, -0.05) is 6.42 Å². The van der Waals surface area contributed by atoms with Crippen molar-refractivity contribution in [1.82, 2.24) is 15.6 Å². The fraction of sp³-hybridized carbons (Fsp3) is 0.571. The third kappa shape index (κ3) is 3.92. The van der Waals surface area contributed by atoms with Crippen LogP contribution in [0.25, 0.3) is 0 Å². The van der Waals surface area contributed by atoms with Crippen LogP contribution in [0.2, 0.25) is 0 Å². The summed E-state index contributed by atoms with van der Waals surface area (Å²) in [7, 11) is 0. The number of pyridine rings is 1. The lowest BCUT2D eigenvalue weighted by Gasteiger charge is -2.31. The van der Waals surface area contributed by atoms with E-state index in [9.17, 15) is 9.90 Å². The van der Waals surface area contributed by atoms with Gasteiger partial charge in [0.15, 0.2) is 0 Å². The lowest BCUT2D eigenvalue weighted by atomic mass is 9.80. The van der Waals surface area contributed by atoms with Crippen LogP contribution in [0.3, 0.4) is 0 Å². The third-order valence-corrected chi connectivity index (χ3v) is 3.76. The molecular formula is C14H21N3O2. The van der Waals surface area contributed by atoms with Crippen molar-refractivity contribution in [3.63, 3.8) is 0 Å². The number of nitrogens with one attached hydrogen (secondary N) is 2.